The molecule has 2 heterocycles. The molecule has 0 aromatic rings. The van der Waals surface area contributed by atoms with Crippen molar-refractivity contribution in [3.8, 4) is 0 Å². The highest BCUT2D eigenvalue weighted by molar-refractivity contribution is 6.04. The van der Waals surface area contributed by atoms with Crippen LogP contribution in [0.3, 0.4) is 0 Å². The zero-order valence-electron chi connectivity index (χ0n) is 9.86. The molecule has 2 N–H and O–H groups in total. The number of hydrogen-bond donors (Lipinski definition) is 2. The molecule has 2 fully saturated rings. The summed E-state index contributed by atoms with van der Waals surface area (Å²) >= 11 is 0. The van der Waals surface area contributed by atoms with Crippen molar-refractivity contribution in [2.24, 2.45) is 5.92 Å². The molecule has 94 valence electrons. The highest BCUT2D eigenvalue weighted by Gasteiger charge is 2.36. The first-order valence-corrected chi connectivity index (χ1v) is 5.94. The molecule has 1 atom stereocenters. The van der Waals surface area contributed by atoms with Crippen LogP contribution in [0.2, 0.25) is 0 Å². The van der Waals surface area contributed by atoms with Gasteiger partial charge in [-0.3, -0.25) is 19.7 Å². The Kier molecular flexibility index (Phi) is 3.42. The molecular weight excluding hydrogens is 222 g/mol. The fraction of sp³-hybridized carbons (Fsp3) is 0.727. The van der Waals surface area contributed by atoms with Crippen molar-refractivity contribution in [1.29, 1.82) is 0 Å². The van der Waals surface area contributed by atoms with E-state index in [1.165, 1.54) is 4.90 Å². The normalized spacial score (nSPS) is 26.9. The van der Waals surface area contributed by atoms with Crippen LogP contribution >= 0.6 is 0 Å². The Morgan fingerprint density at radius 1 is 1.29 bits per heavy atom. The lowest BCUT2D eigenvalue weighted by Crippen LogP contribution is -2.60. The standard InChI is InChI=1S/C11H17N3O3/c1-7-10(16)13-9(15)6-14(7)11(17)8-2-4-12-5-3-8/h7-8,12H,2-6H2,1H3,(H,13,15,16). The number of nitrogens with one attached hydrogen (secondary N) is 2. The number of rotatable bonds is 1. The number of amides is 3. The van der Waals surface area contributed by atoms with Crippen LogP contribution in [-0.2, 0) is 14.4 Å². The average Bonchev–Trinajstić information content (AvgIpc) is 2.34. The zero-order valence-corrected chi connectivity index (χ0v) is 9.86. The molecule has 6 heteroatoms. The Bertz CT molecular complexity index is 350. The first kappa shape index (κ1) is 12.0. The molecule has 0 aromatic heterocycles. The minimum atomic E-state index is -0.546. The SMILES string of the molecule is CC1C(=O)NC(=O)CN1C(=O)C1CCNCC1. The molecule has 6 nitrogen and oxygen atoms in total. The van der Waals surface area contributed by atoms with Crippen molar-refractivity contribution in [1.82, 2.24) is 15.5 Å². The van der Waals surface area contributed by atoms with Crippen molar-refractivity contribution in [3.05, 3.63) is 0 Å². The van der Waals surface area contributed by atoms with Crippen LogP contribution in [0.1, 0.15) is 19.8 Å². The van der Waals surface area contributed by atoms with Crippen molar-refractivity contribution < 1.29 is 14.4 Å². The fourth-order valence-electron chi connectivity index (χ4n) is 2.29. The molecule has 2 rings (SSSR count). The van der Waals surface area contributed by atoms with Gasteiger partial charge in [-0.2, -0.15) is 0 Å². The monoisotopic (exact) mass is 239 g/mol. The smallest absolute Gasteiger partial charge is 0.249 e. The lowest BCUT2D eigenvalue weighted by Gasteiger charge is -2.35. The van der Waals surface area contributed by atoms with Gasteiger partial charge in [-0.1, -0.05) is 0 Å². The second-order valence-electron chi connectivity index (χ2n) is 4.58. The lowest BCUT2D eigenvalue weighted by molar-refractivity contribution is -0.152. The fourth-order valence-corrected chi connectivity index (χ4v) is 2.29. The van der Waals surface area contributed by atoms with Crippen LogP contribution < -0.4 is 10.6 Å². The van der Waals surface area contributed by atoms with E-state index in [0.29, 0.717) is 0 Å². The van der Waals surface area contributed by atoms with E-state index < -0.39 is 11.9 Å². The summed E-state index contributed by atoms with van der Waals surface area (Å²) in [6, 6.07) is -0.546. The number of carbonyl (C=O) groups excluding carboxylic acids is 3. The molecule has 0 aliphatic carbocycles. The first-order chi connectivity index (χ1) is 8.09. The molecule has 0 bridgehead atoms. The van der Waals surface area contributed by atoms with Crippen molar-refractivity contribution in [2.45, 2.75) is 25.8 Å². The van der Waals surface area contributed by atoms with Gasteiger partial charge < -0.3 is 10.2 Å². The Hall–Kier alpha value is -1.43. The summed E-state index contributed by atoms with van der Waals surface area (Å²) < 4.78 is 0. The Balaban J connectivity index is 2.06. The van der Waals surface area contributed by atoms with Crippen LogP contribution in [-0.4, -0.2) is 48.3 Å². The van der Waals surface area contributed by atoms with Crippen molar-refractivity contribution in [3.63, 3.8) is 0 Å². The predicted octanol–water partition coefficient (Wildman–Crippen LogP) is -1.14. The Morgan fingerprint density at radius 2 is 1.94 bits per heavy atom. The highest BCUT2D eigenvalue weighted by Crippen LogP contribution is 2.18. The van der Waals surface area contributed by atoms with Gasteiger partial charge >= 0.3 is 0 Å². The predicted molar refractivity (Wildman–Crippen MR) is 59.9 cm³/mol. The minimum Gasteiger partial charge on any atom is -0.321 e. The average molecular weight is 239 g/mol. The quantitative estimate of drug-likeness (QED) is 0.567. The molecule has 17 heavy (non-hydrogen) atoms. The van der Waals surface area contributed by atoms with Crippen molar-refractivity contribution in [2.75, 3.05) is 19.6 Å². The maximum absolute atomic E-state index is 12.2. The maximum atomic E-state index is 12.2. The summed E-state index contributed by atoms with van der Waals surface area (Å²) in [5.41, 5.74) is 0. The Labute approximate surface area is 99.7 Å². The second-order valence-corrected chi connectivity index (χ2v) is 4.58. The number of hydrogen-bond acceptors (Lipinski definition) is 4. The van der Waals surface area contributed by atoms with Crippen LogP contribution in [0, 0.1) is 5.92 Å². The van der Waals surface area contributed by atoms with Crippen molar-refractivity contribution >= 4 is 17.7 Å². The van der Waals surface area contributed by atoms with Crippen LogP contribution in [0.5, 0.6) is 0 Å². The second kappa shape index (κ2) is 4.83. The highest BCUT2D eigenvalue weighted by atomic mass is 16.2. The zero-order chi connectivity index (χ0) is 12.4. The van der Waals surface area contributed by atoms with Gasteiger partial charge in [0.15, 0.2) is 0 Å². The van der Waals surface area contributed by atoms with E-state index in [-0.39, 0.29) is 24.3 Å². The van der Waals surface area contributed by atoms with Gasteiger partial charge in [-0.05, 0) is 32.9 Å². The van der Waals surface area contributed by atoms with Crippen LogP contribution in [0.25, 0.3) is 0 Å². The molecule has 3 amide bonds. The molecular formula is C11H17N3O3. The van der Waals surface area contributed by atoms with E-state index >= 15 is 0 Å². The van der Waals surface area contributed by atoms with E-state index in [1.54, 1.807) is 6.92 Å². The topological polar surface area (TPSA) is 78.5 Å². The van der Waals surface area contributed by atoms with Crippen LogP contribution in [0.4, 0.5) is 0 Å². The van der Waals surface area contributed by atoms with Gasteiger partial charge in [0, 0.05) is 5.92 Å². The molecule has 0 radical (unpaired) electrons. The van der Waals surface area contributed by atoms with Crippen LogP contribution in [0.15, 0.2) is 0 Å². The van der Waals surface area contributed by atoms with E-state index in [0.717, 1.165) is 25.9 Å². The molecule has 1 unspecified atom stereocenters. The summed E-state index contributed by atoms with van der Waals surface area (Å²) in [5, 5.41) is 5.42. The molecule has 0 aromatic carbocycles. The number of piperidine rings is 1. The third-order valence-electron chi connectivity index (χ3n) is 3.39. The van der Waals surface area contributed by atoms with Gasteiger partial charge in [0.1, 0.15) is 12.6 Å². The summed E-state index contributed by atoms with van der Waals surface area (Å²) in [7, 11) is 0. The molecule has 0 saturated carbocycles. The van der Waals surface area contributed by atoms with Gasteiger partial charge in [0.05, 0.1) is 0 Å². The van der Waals surface area contributed by atoms with Gasteiger partial charge in [-0.15, -0.1) is 0 Å². The number of nitrogens with zero attached hydrogens (tertiary/aromatic N) is 1. The largest absolute Gasteiger partial charge is 0.321 e. The van der Waals surface area contributed by atoms with E-state index in [2.05, 4.69) is 10.6 Å². The molecule has 2 aliphatic rings. The van der Waals surface area contributed by atoms with Gasteiger partial charge in [0.25, 0.3) is 0 Å². The van der Waals surface area contributed by atoms with Gasteiger partial charge in [-0.25, -0.2) is 0 Å². The Morgan fingerprint density at radius 3 is 2.59 bits per heavy atom. The summed E-state index contributed by atoms with van der Waals surface area (Å²) in [5.74, 6) is -0.904. The van der Waals surface area contributed by atoms with E-state index in [1.807, 2.05) is 0 Å². The third-order valence-corrected chi connectivity index (χ3v) is 3.39. The molecule has 2 aliphatic heterocycles. The lowest BCUT2D eigenvalue weighted by atomic mass is 9.95. The summed E-state index contributed by atoms with van der Waals surface area (Å²) in [6.45, 7) is 3.29. The number of piperazine rings is 1. The van der Waals surface area contributed by atoms with Gasteiger partial charge in [0.2, 0.25) is 17.7 Å². The molecule has 2 saturated heterocycles. The van der Waals surface area contributed by atoms with E-state index in [4.69, 9.17) is 0 Å². The molecule has 0 spiro atoms. The minimum absolute atomic E-state index is 0.00430. The number of carbonyl (C=O) groups is 3. The number of imide groups is 1. The first-order valence-electron chi connectivity index (χ1n) is 5.94. The summed E-state index contributed by atoms with van der Waals surface area (Å²) in [6.07, 6.45) is 1.55. The third kappa shape index (κ3) is 2.46. The maximum Gasteiger partial charge on any atom is 0.249 e. The van der Waals surface area contributed by atoms with E-state index in [9.17, 15) is 14.4 Å². The summed E-state index contributed by atoms with van der Waals surface area (Å²) in [4.78, 5) is 36.4.